The van der Waals surface area contributed by atoms with Crippen LogP contribution in [0.15, 0.2) is 0 Å². The highest BCUT2D eigenvalue weighted by atomic mass is 16.3. The van der Waals surface area contributed by atoms with Crippen LogP contribution < -0.4 is 0 Å². The molecule has 0 aromatic carbocycles. The fourth-order valence-corrected chi connectivity index (χ4v) is 3.08. The van der Waals surface area contributed by atoms with Gasteiger partial charge in [0.15, 0.2) is 0 Å². The molecule has 2 nitrogen and oxygen atoms in total. The molecule has 2 aliphatic carbocycles. The second kappa shape index (κ2) is 4.63. The Morgan fingerprint density at radius 2 is 1.36 bits per heavy atom. The van der Waals surface area contributed by atoms with Gasteiger partial charge < -0.3 is 10.0 Å². The van der Waals surface area contributed by atoms with E-state index in [1.54, 1.807) is 0 Å². The van der Waals surface area contributed by atoms with Gasteiger partial charge in [-0.1, -0.05) is 12.8 Å². The molecule has 2 heteroatoms. The molecule has 0 unspecified atom stereocenters. The van der Waals surface area contributed by atoms with E-state index < -0.39 is 0 Å². The molecule has 0 aromatic heterocycles. The number of rotatable bonds is 2. The number of hydrogen-bond donors (Lipinski definition) is 1. The fraction of sp³-hybridized carbons (Fsp3) is 1.00. The summed E-state index contributed by atoms with van der Waals surface area (Å²) in [6.45, 7) is 0. The second-order valence-corrected chi connectivity index (χ2v) is 5.07. The van der Waals surface area contributed by atoms with Crippen LogP contribution in [-0.2, 0) is 0 Å². The third-order valence-corrected chi connectivity index (χ3v) is 4.14. The van der Waals surface area contributed by atoms with Gasteiger partial charge >= 0.3 is 0 Å². The lowest BCUT2D eigenvalue weighted by Crippen LogP contribution is -2.41. The van der Waals surface area contributed by atoms with Crippen molar-refractivity contribution >= 4 is 0 Å². The van der Waals surface area contributed by atoms with E-state index in [0.717, 1.165) is 24.9 Å². The van der Waals surface area contributed by atoms with Crippen LogP contribution in [0.4, 0.5) is 0 Å². The summed E-state index contributed by atoms with van der Waals surface area (Å²) in [6.07, 6.45) is 10.1. The summed E-state index contributed by atoms with van der Waals surface area (Å²) in [6, 6.07) is 1.59. The summed E-state index contributed by atoms with van der Waals surface area (Å²) >= 11 is 0. The third-order valence-electron chi connectivity index (χ3n) is 4.14. The highest BCUT2D eigenvalue weighted by molar-refractivity contribution is 4.84. The van der Waals surface area contributed by atoms with Crippen molar-refractivity contribution in [2.45, 2.75) is 69.6 Å². The van der Waals surface area contributed by atoms with Crippen molar-refractivity contribution in [1.82, 2.24) is 4.90 Å². The van der Waals surface area contributed by atoms with E-state index in [1.165, 1.54) is 38.5 Å². The Labute approximate surface area is 87.3 Å². The minimum atomic E-state index is -0.0109. The maximum Gasteiger partial charge on any atom is 0.0541 e. The van der Waals surface area contributed by atoms with Crippen LogP contribution in [0.3, 0.4) is 0 Å². The van der Waals surface area contributed by atoms with Crippen LogP contribution in [0.1, 0.15) is 51.4 Å². The minimum Gasteiger partial charge on any atom is -0.393 e. The van der Waals surface area contributed by atoms with E-state index in [-0.39, 0.29) is 6.10 Å². The van der Waals surface area contributed by atoms with Crippen molar-refractivity contribution in [3.05, 3.63) is 0 Å². The molecule has 1 N–H and O–H groups in total. The molecular formula is C12H23NO. The number of aliphatic hydroxyl groups is 1. The molecule has 0 saturated heterocycles. The maximum absolute atomic E-state index is 9.46. The molecular weight excluding hydrogens is 174 g/mol. The van der Waals surface area contributed by atoms with Crippen LogP contribution in [-0.4, -0.2) is 35.2 Å². The molecule has 2 rings (SSSR count). The first-order chi connectivity index (χ1) is 6.77. The topological polar surface area (TPSA) is 23.5 Å². The van der Waals surface area contributed by atoms with Gasteiger partial charge in [-0.3, -0.25) is 0 Å². The highest BCUT2D eigenvalue weighted by Crippen LogP contribution is 2.29. The van der Waals surface area contributed by atoms with Crippen molar-refractivity contribution in [3.63, 3.8) is 0 Å². The number of nitrogens with zero attached hydrogens (tertiary/aromatic N) is 1. The summed E-state index contributed by atoms with van der Waals surface area (Å²) in [5.74, 6) is 0. The molecule has 0 heterocycles. The van der Waals surface area contributed by atoms with Gasteiger partial charge in [-0.15, -0.1) is 0 Å². The molecule has 82 valence electrons. The predicted molar refractivity (Wildman–Crippen MR) is 58.3 cm³/mol. The summed E-state index contributed by atoms with van der Waals surface area (Å²) < 4.78 is 0. The molecule has 0 atom stereocenters. The van der Waals surface area contributed by atoms with Crippen molar-refractivity contribution in [2.75, 3.05) is 7.05 Å². The zero-order valence-electron chi connectivity index (χ0n) is 9.28. The zero-order chi connectivity index (χ0) is 9.97. The van der Waals surface area contributed by atoms with Crippen LogP contribution in [0.25, 0.3) is 0 Å². The molecule has 0 bridgehead atoms. The lowest BCUT2D eigenvalue weighted by atomic mass is 9.91. The Kier molecular flexibility index (Phi) is 3.45. The van der Waals surface area contributed by atoms with Crippen LogP contribution in [0, 0.1) is 0 Å². The van der Waals surface area contributed by atoms with E-state index in [4.69, 9.17) is 0 Å². The Morgan fingerprint density at radius 1 is 0.857 bits per heavy atom. The highest BCUT2D eigenvalue weighted by Gasteiger charge is 2.28. The van der Waals surface area contributed by atoms with E-state index in [2.05, 4.69) is 11.9 Å². The normalized spacial score (nSPS) is 35.4. The first-order valence-electron chi connectivity index (χ1n) is 6.17. The van der Waals surface area contributed by atoms with Crippen molar-refractivity contribution in [1.29, 1.82) is 0 Å². The lowest BCUT2D eigenvalue weighted by Gasteiger charge is -2.36. The molecule has 0 spiro atoms. The van der Waals surface area contributed by atoms with Crippen LogP contribution >= 0.6 is 0 Å². The quantitative estimate of drug-likeness (QED) is 0.733. The molecule has 0 aliphatic heterocycles. The van der Waals surface area contributed by atoms with E-state index in [1.807, 2.05) is 0 Å². The third kappa shape index (κ3) is 2.29. The molecule has 0 amide bonds. The van der Waals surface area contributed by atoms with Crippen LogP contribution in [0.5, 0.6) is 0 Å². The van der Waals surface area contributed by atoms with Gasteiger partial charge in [0.05, 0.1) is 6.10 Å². The minimum absolute atomic E-state index is 0.0109. The van der Waals surface area contributed by atoms with Gasteiger partial charge in [-0.05, 0) is 45.6 Å². The van der Waals surface area contributed by atoms with Crippen molar-refractivity contribution in [3.8, 4) is 0 Å². The fourth-order valence-electron chi connectivity index (χ4n) is 3.08. The molecule has 14 heavy (non-hydrogen) atoms. The Bertz CT molecular complexity index is 169. The van der Waals surface area contributed by atoms with Gasteiger partial charge in [0.2, 0.25) is 0 Å². The van der Waals surface area contributed by atoms with Crippen molar-refractivity contribution in [2.24, 2.45) is 0 Å². The van der Waals surface area contributed by atoms with E-state index >= 15 is 0 Å². The predicted octanol–water partition coefficient (Wildman–Crippen LogP) is 2.16. The average molecular weight is 197 g/mol. The summed E-state index contributed by atoms with van der Waals surface area (Å²) in [5.41, 5.74) is 0. The smallest absolute Gasteiger partial charge is 0.0541 e. The summed E-state index contributed by atoms with van der Waals surface area (Å²) in [5, 5.41) is 9.46. The summed E-state index contributed by atoms with van der Waals surface area (Å²) in [7, 11) is 2.29. The van der Waals surface area contributed by atoms with Crippen LogP contribution in [0.2, 0.25) is 0 Å². The number of aliphatic hydroxyl groups excluding tert-OH is 1. The standard InChI is InChI=1S/C12H23NO/c1-13(10-4-2-3-5-10)11-6-8-12(14)9-7-11/h10-12,14H,2-9H2,1H3. The van der Waals surface area contributed by atoms with E-state index in [0.29, 0.717) is 0 Å². The SMILES string of the molecule is CN(C1CCCC1)C1CCC(O)CC1. The van der Waals surface area contributed by atoms with Crippen molar-refractivity contribution < 1.29 is 5.11 Å². The van der Waals surface area contributed by atoms with Gasteiger partial charge in [0.25, 0.3) is 0 Å². The van der Waals surface area contributed by atoms with E-state index in [9.17, 15) is 5.11 Å². The second-order valence-electron chi connectivity index (χ2n) is 5.07. The lowest BCUT2D eigenvalue weighted by molar-refractivity contribution is 0.0678. The first-order valence-corrected chi connectivity index (χ1v) is 6.17. The Morgan fingerprint density at radius 3 is 1.93 bits per heavy atom. The molecule has 0 radical (unpaired) electrons. The van der Waals surface area contributed by atoms with Gasteiger partial charge in [0.1, 0.15) is 0 Å². The molecule has 2 saturated carbocycles. The molecule has 0 aromatic rings. The molecule has 2 aliphatic rings. The average Bonchev–Trinajstić information content (AvgIpc) is 2.71. The van der Waals surface area contributed by atoms with Gasteiger partial charge in [-0.2, -0.15) is 0 Å². The van der Waals surface area contributed by atoms with Gasteiger partial charge in [0, 0.05) is 12.1 Å². The molecule has 2 fully saturated rings. The number of hydrogen-bond acceptors (Lipinski definition) is 2. The maximum atomic E-state index is 9.46. The summed E-state index contributed by atoms with van der Waals surface area (Å²) in [4.78, 5) is 2.60. The Hall–Kier alpha value is -0.0800. The zero-order valence-corrected chi connectivity index (χ0v) is 9.28. The first kappa shape index (κ1) is 10.4. The van der Waals surface area contributed by atoms with Gasteiger partial charge in [-0.25, -0.2) is 0 Å². The largest absolute Gasteiger partial charge is 0.393 e. The monoisotopic (exact) mass is 197 g/mol. The Balaban J connectivity index is 1.82.